The lowest BCUT2D eigenvalue weighted by atomic mass is 10.1. The molecule has 0 aliphatic carbocycles. The molecule has 2 heterocycles. The molecule has 2 atom stereocenters. The van der Waals surface area contributed by atoms with E-state index in [4.69, 9.17) is 4.74 Å². The lowest BCUT2D eigenvalue weighted by molar-refractivity contribution is -0.141. The van der Waals surface area contributed by atoms with Crippen molar-refractivity contribution in [2.75, 3.05) is 18.1 Å². The van der Waals surface area contributed by atoms with Gasteiger partial charge in [0, 0.05) is 24.5 Å². The molecule has 0 spiro atoms. The number of hydrogen-bond donors (Lipinski definition) is 0. The SMILES string of the molecule is CCN(C(=O)[C@H](C)OC(=O)c1nn(CC)c(=O)c2ccccc12)[C@@H]1CCS(=O)(=O)C1. The minimum atomic E-state index is -3.16. The van der Waals surface area contributed by atoms with Gasteiger partial charge in [-0.2, -0.15) is 5.10 Å². The smallest absolute Gasteiger partial charge is 0.360 e. The zero-order valence-electron chi connectivity index (χ0n) is 17.2. The maximum Gasteiger partial charge on any atom is 0.360 e. The number of rotatable bonds is 6. The molecule has 30 heavy (non-hydrogen) atoms. The van der Waals surface area contributed by atoms with Gasteiger partial charge in [0.15, 0.2) is 21.6 Å². The van der Waals surface area contributed by atoms with E-state index in [0.29, 0.717) is 23.7 Å². The highest BCUT2D eigenvalue weighted by atomic mass is 32.2. The molecule has 0 unspecified atom stereocenters. The van der Waals surface area contributed by atoms with Crippen LogP contribution in [0.2, 0.25) is 0 Å². The predicted octanol–water partition coefficient (Wildman–Crippen LogP) is 0.997. The van der Waals surface area contributed by atoms with Gasteiger partial charge in [0.1, 0.15) is 0 Å². The van der Waals surface area contributed by atoms with Crippen LogP contribution in [0.5, 0.6) is 0 Å². The van der Waals surface area contributed by atoms with Crippen molar-refractivity contribution >= 4 is 32.5 Å². The standard InChI is InChI=1S/C20H25N3O6S/c1-4-22(14-10-11-30(27,28)12-14)18(24)13(3)29-20(26)17-15-8-6-7-9-16(15)19(25)23(5-2)21-17/h6-9,13-14H,4-5,10-12H2,1-3H3/t13-,14+/m0/s1. The maximum absolute atomic E-state index is 12.9. The molecule has 0 radical (unpaired) electrons. The van der Waals surface area contributed by atoms with E-state index in [1.807, 2.05) is 0 Å². The van der Waals surface area contributed by atoms with E-state index in [1.165, 1.54) is 16.5 Å². The first-order chi connectivity index (χ1) is 14.2. The third kappa shape index (κ3) is 4.23. The molecule has 1 fully saturated rings. The molecule has 162 valence electrons. The third-order valence-corrected chi connectivity index (χ3v) is 7.02. The van der Waals surface area contributed by atoms with Gasteiger partial charge in [0.2, 0.25) is 0 Å². The largest absolute Gasteiger partial charge is 0.448 e. The number of hydrogen-bond acceptors (Lipinski definition) is 7. The zero-order valence-corrected chi connectivity index (χ0v) is 18.0. The Morgan fingerprint density at radius 2 is 1.93 bits per heavy atom. The molecule has 0 N–H and O–H groups in total. The number of nitrogens with zero attached hydrogens (tertiary/aromatic N) is 3. The van der Waals surface area contributed by atoms with Crippen LogP contribution in [0.4, 0.5) is 0 Å². The van der Waals surface area contributed by atoms with E-state index in [-0.39, 0.29) is 29.3 Å². The van der Waals surface area contributed by atoms with E-state index in [0.717, 1.165) is 0 Å². The molecule has 0 saturated carbocycles. The summed E-state index contributed by atoms with van der Waals surface area (Å²) < 4.78 is 30.1. The molecule has 3 rings (SSSR count). The number of sulfone groups is 1. The number of carbonyl (C=O) groups excluding carboxylic acids is 2. The van der Waals surface area contributed by atoms with Crippen LogP contribution in [0.3, 0.4) is 0 Å². The summed E-state index contributed by atoms with van der Waals surface area (Å²) in [6, 6.07) is 6.17. The Morgan fingerprint density at radius 1 is 1.27 bits per heavy atom. The highest BCUT2D eigenvalue weighted by Gasteiger charge is 2.36. The highest BCUT2D eigenvalue weighted by Crippen LogP contribution is 2.20. The molecule has 1 amide bonds. The Balaban J connectivity index is 1.84. The fraction of sp³-hybridized carbons (Fsp3) is 0.500. The topological polar surface area (TPSA) is 116 Å². The minimum Gasteiger partial charge on any atom is -0.448 e. The van der Waals surface area contributed by atoms with Crippen molar-refractivity contribution in [1.29, 1.82) is 0 Å². The fourth-order valence-corrected chi connectivity index (χ4v) is 5.45. The van der Waals surface area contributed by atoms with Gasteiger partial charge in [0.25, 0.3) is 11.5 Å². The van der Waals surface area contributed by atoms with Gasteiger partial charge in [-0.1, -0.05) is 18.2 Å². The van der Waals surface area contributed by atoms with Gasteiger partial charge in [-0.3, -0.25) is 9.59 Å². The van der Waals surface area contributed by atoms with E-state index < -0.39 is 33.9 Å². The van der Waals surface area contributed by atoms with Crippen molar-refractivity contribution in [1.82, 2.24) is 14.7 Å². The van der Waals surface area contributed by atoms with E-state index in [2.05, 4.69) is 5.10 Å². The summed E-state index contributed by atoms with van der Waals surface area (Å²) in [6.07, 6.45) is -0.751. The fourth-order valence-electron chi connectivity index (χ4n) is 3.72. The summed E-state index contributed by atoms with van der Waals surface area (Å²) in [5.74, 6) is -1.31. The number of amides is 1. The van der Waals surface area contributed by atoms with E-state index >= 15 is 0 Å². The van der Waals surface area contributed by atoms with Crippen molar-refractivity contribution in [3.63, 3.8) is 0 Å². The van der Waals surface area contributed by atoms with Crippen molar-refractivity contribution in [3.8, 4) is 0 Å². The first-order valence-electron chi connectivity index (χ1n) is 9.90. The molecule has 1 aliphatic rings. The summed E-state index contributed by atoms with van der Waals surface area (Å²) >= 11 is 0. The van der Waals surface area contributed by atoms with Crippen LogP contribution in [-0.2, 0) is 25.9 Å². The molecule has 1 aromatic heterocycles. The number of likely N-dealkylation sites (N-methyl/N-ethyl adjacent to an activating group) is 1. The van der Waals surface area contributed by atoms with Gasteiger partial charge in [0.05, 0.1) is 16.9 Å². The summed E-state index contributed by atoms with van der Waals surface area (Å²) in [5.41, 5.74) is -0.355. The average Bonchev–Trinajstić information content (AvgIpc) is 3.08. The van der Waals surface area contributed by atoms with Crippen LogP contribution in [0.25, 0.3) is 10.8 Å². The number of aromatic nitrogens is 2. The molecule has 1 aliphatic heterocycles. The minimum absolute atomic E-state index is 0.0433. The van der Waals surface area contributed by atoms with Crippen LogP contribution in [-0.4, -0.2) is 65.2 Å². The quantitative estimate of drug-likeness (QED) is 0.622. The molecule has 1 aromatic carbocycles. The Hall–Kier alpha value is -2.75. The molecule has 0 bridgehead atoms. The summed E-state index contributed by atoms with van der Waals surface area (Å²) in [4.78, 5) is 39.6. The Bertz CT molecular complexity index is 1140. The first kappa shape index (κ1) is 21.9. The van der Waals surface area contributed by atoms with Gasteiger partial charge in [-0.25, -0.2) is 17.9 Å². The number of benzene rings is 1. The Morgan fingerprint density at radius 3 is 2.50 bits per heavy atom. The summed E-state index contributed by atoms with van der Waals surface area (Å²) in [7, 11) is -3.16. The number of aryl methyl sites for hydroxylation is 1. The lowest BCUT2D eigenvalue weighted by Gasteiger charge is -2.29. The highest BCUT2D eigenvalue weighted by molar-refractivity contribution is 7.91. The van der Waals surface area contributed by atoms with Crippen LogP contribution >= 0.6 is 0 Å². The molecule has 2 aromatic rings. The van der Waals surface area contributed by atoms with Crippen LogP contribution in [0, 0.1) is 0 Å². The maximum atomic E-state index is 12.9. The van der Waals surface area contributed by atoms with Crippen molar-refractivity contribution in [2.45, 2.75) is 45.9 Å². The summed E-state index contributed by atoms with van der Waals surface area (Å²) in [6.45, 7) is 5.52. The lowest BCUT2D eigenvalue weighted by Crippen LogP contribution is -2.46. The van der Waals surface area contributed by atoms with Crippen molar-refractivity contribution < 1.29 is 22.7 Å². The molecule has 9 nitrogen and oxygen atoms in total. The van der Waals surface area contributed by atoms with Gasteiger partial charge < -0.3 is 9.64 Å². The Kier molecular flexibility index (Phi) is 6.25. The van der Waals surface area contributed by atoms with E-state index in [9.17, 15) is 22.8 Å². The summed E-state index contributed by atoms with van der Waals surface area (Å²) in [5, 5.41) is 4.81. The van der Waals surface area contributed by atoms with Crippen LogP contribution in [0.15, 0.2) is 29.1 Å². The number of carbonyl (C=O) groups is 2. The van der Waals surface area contributed by atoms with Crippen LogP contribution < -0.4 is 5.56 Å². The van der Waals surface area contributed by atoms with Gasteiger partial charge in [-0.05, 0) is 33.3 Å². The second-order valence-corrected chi connectivity index (χ2v) is 9.47. The van der Waals surface area contributed by atoms with Crippen molar-refractivity contribution in [2.24, 2.45) is 0 Å². The van der Waals surface area contributed by atoms with Crippen LogP contribution in [0.1, 0.15) is 37.7 Å². The number of ether oxygens (including phenoxy) is 1. The Labute approximate surface area is 174 Å². The third-order valence-electron chi connectivity index (χ3n) is 5.27. The normalized spacial score (nSPS) is 18.8. The predicted molar refractivity (Wildman–Crippen MR) is 111 cm³/mol. The van der Waals surface area contributed by atoms with E-state index in [1.54, 1.807) is 38.1 Å². The average molecular weight is 436 g/mol. The molecular weight excluding hydrogens is 410 g/mol. The first-order valence-corrected chi connectivity index (χ1v) is 11.7. The van der Waals surface area contributed by atoms with Crippen molar-refractivity contribution in [3.05, 3.63) is 40.3 Å². The molecule has 1 saturated heterocycles. The molecular formula is C20H25N3O6S. The van der Waals surface area contributed by atoms with Gasteiger partial charge in [-0.15, -0.1) is 0 Å². The number of fused-ring (bicyclic) bond motifs is 1. The second-order valence-electron chi connectivity index (χ2n) is 7.24. The zero-order chi connectivity index (χ0) is 22.1. The second kappa shape index (κ2) is 8.55. The number of esters is 1. The van der Waals surface area contributed by atoms with Gasteiger partial charge >= 0.3 is 5.97 Å². The molecule has 10 heteroatoms. The monoisotopic (exact) mass is 435 g/mol.